The molecule has 2 unspecified atom stereocenters. The Labute approximate surface area is 64.7 Å². The standard InChI is InChI=1S/C5H12NO4P/c1-11(9,10)3-2-4(6)5(7)8/h4H,2-3,6H2,1H3,(H,7,8)(H,9,10)/p-1. The maximum atomic E-state index is 10.5. The molecule has 0 rings (SSSR count). The highest BCUT2D eigenvalue weighted by Gasteiger charge is 2.12. The third-order valence-corrected chi connectivity index (χ3v) is 2.23. The lowest BCUT2D eigenvalue weighted by atomic mass is 10.2. The van der Waals surface area contributed by atoms with Gasteiger partial charge in [-0.25, -0.2) is 0 Å². The maximum absolute atomic E-state index is 10.5. The molecule has 0 aromatic rings. The van der Waals surface area contributed by atoms with E-state index in [4.69, 9.17) is 10.8 Å². The molecule has 2 atom stereocenters. The summed E-state index contributed by atoms with van der Waals surface area (Å²) in [5.41, 5.74) is 5.06. The average molecular weight is 180 g/mol. The molecule has 0 saturated heterocycles. The summed E-state index contributed by atoms with van der Waals surface area (Å²) in [6, 6.07) is -1.07. The smallest absolute Gasteiger partial charge is 0.320 e. The predicted octanol–water partition coefficient (Wildman–Crippen LogP) is -0.943. The topological polar surface area (TPSA) is 103 Å². The van der Waals surface area contributed by atoms with Crippen molar-refractivity contribution in [3.05, 3.63) is 0 Å². The quantitative estimate of drug-likeness (QED) is 0.543. The number of carbonyl (C=O) groups is 1. The summed E-state index contributed by atoms with van der Waals surface area (Å²) < 4.78 is 10.5. The fourth-order valence-corrected chi connectivity index (χ4v) is 1.24. The normalized spacial score (nSPS) is 18.8. The molecule has 0 aromatic carbocycles. The van der Waals surface area contributed by atoms with Crippen LogP contribution in [0.4, 0.5) is 0 Å². The van der Waals surface area contributed by atoms with Gasteiger partial charge in [-0.15, -0.1) is 0 Å². The van der Waals surface area contributed by atoms with Crippen LogP contribution in [0.25, 0.3) is 0 Å². The Morgan fingerprint density at radius 1 is 1.82 bits per heavy atom. The number of carboxylic acids is 1. The second-order valence-electron chi connectivity index (χ2n) is 2.47. The number of rotatable bonds is 4. The Morgan fingerprint density at radius 2 is 2.27 bits per heavy atom. The molecule has 0 saturated carbocycles. The molecule has 0 fully saturated rings. The molecule has 66 valence electrons. The molecule has 0 bridgehead atoms. The number of hydrogen-bond donors (Lipinski definition) is 2. The molecule has 0 aromatic heterocycles. The fraction of sp³-hybridized carbons (Fsp3) is 0.800. The van der Waals surface area contributed by atoms with Gasteiger partial charge < -0.3 is 20.3 Å². The molecule has 3 N–H and O–H groups in total. The van der Waals surface area contributed by atoms with Gasteiger partial charge in [0.15, 0.2) is 0 Å². The van der Waals surface area contributed by atoms with Crippen LogP contribution in [0, 0.1) is 0 Å². The molecule has 0 radical (unpaired) electrons. The molecule has 5 nitrogen and oxygen atoms in total. The number of nitrogens with two attached hydrogens (primary N) is 1. The van der Waals surface area contributed by atoms with E-state index in [-0.39, 0.29) is 12.6 Å². The SMILES string of the molecule is CP(=O)([O-])CCC(N)C(=O)O. The monoisotopic (exact) mass is 180 g/mol. The third kappa shape index (κ3) is 6.04. The van der Waals surface area contributed by atoms with Crippen molar-refractivity contribution >= 4 is 13.3 Å². The largest absolute Gasteiger partial charge is 0.799 e. The Kier molecular flexibility index (Phi) is 3.72. The van der Waals surface area contributed by atoms with Crippen molar-refractivity contribution in [3.8, 4) is 0 Å². The van der Waals surface area contributed by atoms with Crippen LogP contribution < -0.4 is 10.6 Å². The van der Waals surface area contributed by atoms with Crippen molar-refractivity contribution in [1.29, 1.82) is 0 Å². The Morgan fingerprint density at radius 3 is 2.55 bits per heavy atom. The van der Waals surface area contributed by atoms with Crippen LogP contribution in [-0.4, -0.2) is 29.9 Å². The summed E-state index contributed by atoms with van der Waals surface area (Å²) in [7, 11) is -3.35. The van der Waals surface area contributed by atoms with E-state index in [9.17, 15) is 14.3 Å². The lowest BCUT2D eigenvalue weighted by molar-refractivity contribution is -0.173. The average Bonchev–Trinajstić information content (AvgIpc) is 1.80. The summed E-state index contributed by atoms with van der Waals surface area (Å²) in [5, 5.41) is 8.26. The number of carboxylic acid groups (broad SMARTS) is 1. The van der Waals surface area contributed by atoms with E-state index in [1.54, 1.807) is 0 Å². The predicted molar refractivity (Wildman–Crippen MR) is 38.6 cm³/mol. The summed E-state index contributed by atoms with van der Waals surface area (Å²) >= 11 is 0. The molecule has 11 heavy (non-hydrogen) atoms. The molecule has 0 amide bonds. The van der Waals surface area contributed by atoms with Crippen LogP contribution in [-0.2, 0) is 9.36 Å². The summed E-state index contributed by atoms with van der Waals surface area (Å²) in [6.07, 6.45) is -0.174. The zero-order valence-corrected chi connectivity index (χ0v) is 7.08. The first kappa shape index (κ1) is 10.6. The molecule has 0 heterocycles. The van der Waals surface area contributed by atoms with Gasteiger partial charge in [0.1, 0.15) is 6.04 Å². The molecule has 6 heteroatoms. The van der Waals surface area contributed by atoms with Crippen LogP contribution >= 0.6 is 7.37 Å². The first-order valence-electron chi connectivity index (χ1n) is 3.09. The first-order chi connectivity index (χ1) is 4.83. The van der Waals surface area contributed by atoms with Crippen molar-refractivity contribution in [2.45, 2.75) is 12.5 Å². The van der Waals surface area contributed by atoms with Gasteiger partial charge in [0.05, 0.1) is 0 Å². The molecular formula is C5H11NO4P-. The van der Waals surface area contributed by atoms with Gasteiger partial charge in [0, 0.05) is 7.37 Å². The third-order valence-electron chi connectivity index (χ3n) is 1.16. The Hall–Kier alpha value is -0.380. The molecular weight excluding hydrogens is 169 g/mol. The Balaban J connectivity index is 3.72. The summed E-state index contributed by atoms with van der Waals surface area (Å²) in [6.45, 7) is 1.07. The van der Waals surface area contributed by atoms with Gasteiger partial charge in [-0.05, 0) is 19.2 Å². The zero-order chi connectivity index (χ0) is 9.07. The number of hydrogen-bond acceptors (Lipinski definition) is 4. The van der Waals surface area contributed by atoms with Crippen LogP contribution in [0.1, 0.15) is 6.42 Å². The minimum absolute atomic E-state index is 0.0212. The lowest BCUT2D eigenvalue weighted by Crippen LogP contribution is -2.31. The fourth-order valence-electron chi connectivity index (χ4n) is 0.497. The first-order valence-corrected chi connectivity index (χ1v) is 5.34. The van der Waals surface area contributed by atoms with Crippen molar-refractivity contribution in [1.82, 2.24) is 0 Å². The van der Waals surface area contributed by atoms with E-state index in [0.29, 0.717) is 0 Å². The van der Waals surface area contributed by atoms with E-state index in [1.807, 2.05) is 0 Å². The van der Waals surface area contributed by atoms with Crippen LogP contribution in [0.2, 0.25) is 0 Å². The highest BCUT2D eigenvalue weighted by Crippen LogP contribution is 2.30. The van der Waals surface area contributed by atoms with E-state index in [1.165, 1.54) is 0 Å². The molecule has 0 spiro atoms. The van der Waals surface area contributed by atoms with Crippen molar-refractivity contribution < 1.29 is 19.4 Å². The van der Waals surface area contributed by atoms with Gasteiger partial charge in [-0.2, -0.15) is 0 Å². The summed E-state index contributed by atoms with van der Waals surface area (Å²) in [4.78, 5) is 20.6. The van der Waals surface area contributed by atoms with Crippen molar-refractivity contribution in [3.63, 3.8) is 0 Å². The Bertz CT molecular complexity index is 187. The van der Waals surface area contributed by atoms with Crippen LogP contribution in [0.15, 0.2) is 0 Å². The highest BCUT2D eigenvalue weighted by molar-refractivity contribution is 7.55. The molecule has 0 aliphatic carbocycles. The number of aliphatic carboxylic acids is 1. The van der Waals surface area contributed by atoms with Gasteiger partial charge in [0.2, 0.25) is 0 Å². The minimum atomic E-state index is -3.35. The highest BCUT2D eigenvalue weighted by atomic mass is 31.2. The second-order valence-corrected chi connectivity index (χ2v) is 4.95. The van der Waals surface area contributed by atoms with Crippen molar-refractivity contribution in [2.75, 3.05) is 12.8 Å². The van der Waals surface area contributed by atoms with Gasteiger partial charge in [0.25, 0.3) is 0 Å². The lowest BCUT2D eigenvalue weighted by Gasteiger charge is -2.17. The van der Waals surface area contributed by atoms with E-state index in [0.717, 1.165) is 6.66 Å². The second kappa shape index (κ2) is 3.85. The van der Waals surface area contributed by atoms with Gasteiger partial charge >= 0.3 is 5.97 Å². The van der Waals surface area contributed by atoms with Crippen molar-refractivity contribution in [2.24, 2.45) is 5.73 Å². The van der Waals surface area contributed by atoms with E-state index < -0.39 is 19.4 Å². The minimum Gasteiger partial charge on any atom is -0.799 e. The van der Waals surface area contributed by atoms with Crippen LogP contribution in [0.3, 0.4) is 0 Å². The van der Waals surface area contributed by atoms with E-state index >= 15 is 0 Å². The molecule has 0 aliphatic rings. The van der Waals surface area contributed by atoms with Crippen LogP contribution in [0.5, 0.6) is 0 Å². The molecule has 0 aliphatic heterocycles. The maximum Gasteiger partial charge on any atom is 0.320 e. The summed E-state index contributed by atoms with van der Waals surface area (Å²) in [5.74, 6) is -1.17. The van der Waals surface area contributed by atoms with Gasteiger partial charge in [-0.1, -0.05) is 0 Å². The van der Waals surface area contributed by atoms with Gasteiger partial charge in [-0.3, -0.25) is 4.79 Å². The zero-order valence-electron chi connectivity index (χ0n) is 6.19. The van der Waals surface area contributed by atoms with E-state index in [2.05, 4.69) is 0 Å².